The van der Waals surface area contributed by atoms with Gasteiger partial charge in [0.1, 0.15) is 15.5 Å². The number of fused-ring (bicyclic) bond motifs is 1. The number of methoxy groups -OCH3 is 1. The number of carbonyl (C=O) groups is 5. The molecule has 5 N–H and O–H groups in total. The summed E-state index contributed by atoms with van der Waals surface area (Å²) in [5.41, 5.74) is 3.07. The fourth-order valence-corrected chi connectivity index (χ4v) is 8.03. The van der Waals surface area contributed by atoms with Crippen LogP contribution in [0.5, 0.6) is 0 Å². The SMILES string of the molecule is CO[C@@]1(NC(=O)C2SC(=C(C(N)=O)C(=O)O)S2)C(=O)N2[C@@H](C(=O)O)C(CSc3nnnn3C)=CS[C@@H]21. The van der Waals surface area contributed by atoms with E-state index >= 15 is 0 Å². The predicted octanol–water partition coefficient (Wildman–Crippen LogP) is -1.40. The molecule has 0 aromatic carbocycles. The summed E-state index contributed by atoms with van der Waals surface area (Å²) in [6.45, 7) is 0. The van der Waals surface area contributed by atoms with Gasteiger partial charge in [0, 0.05) is 19.9 Å². The number of nitrogens with two attached hydrogens (primary N) is 1. The summed E-state index contributed by atoms with van der Waals surface area (Å²) in [4.78, 5) is 61.8. The number of primary amides is 1. The maximum Gasteiger partial charge on any atom is 0.343 e. The average molecular weight is 576 g/mol. The summed E-state index contributed by atoms with van der Waals surface area (Å²) in [5, 5.41) is 33.8. The Balaban J connectivity index is 1.48. The number of aryl methyl sites for hydroxylation is 1. The molecule has 192 valence electrons. The van der Waals surface area contributed by atoms with Crippen molar-refractivity contribution in [2.75, 3.05) is 12.9 Å². The van der Waals surface area contributed by atoms with Gasteiger partial charge in [0.15, 0.2) is 6.04 Å². The number of amides is 3. The van der Waals surface area contributed by atoms with Crippen molar-refractivity contribution < 1.29 is 38.9 Å². The van der Waals surface area contributed by atoms with E-state index in [2.05, 4.69) is 20.8 Å². The third kappa shape index (κ3) is 4.33. The zero-order valence-corrected chi connectivity index (χ0v) is 21.6. The Bertz CT molecular complexity index is 1210. The molecule has 0 unspecified atom stereocenters. The third-order valence-electron chi connectivity index (χ3n) is 5.25. The van der Waals surface area contributed by atoms with Gasteiger partial charge in [-0.25, -0.2) is 14.3 Å². The normalized spacial score (nSPS) is 26.8. The smallest absolute Gasteiger partial charge is 0.343 e. The van der Waals surface area contributed by atoms with Crippen LogP contribution in [-0.2, 0) is 35.8 Å². The number of hydrogen-bond acceptors (Lipinski definition) is 13. The fraction of sp³-hybridized carbons (Fsp3) is 0.412. The Morgan fingerprint density at radius 1 is 1.31 bits per heavy atom. The molecule has 36 heavy (non-hydrogen) atoms. The number of aliphatic carboxylic acids is 2. The second-order valence-corrected chi connectivity index (χ2v) is 12.0. The number of rotatable bonds is 9. The Morgan fingerprint density at radius 2 is 2.00 bits per heavy atom. The van der Waals surface area contributed by atoms with Crippen molar-refractivity contribution in [3.05, 3.63) is 20.8 Å². The lowest BCUT2D eigenvalue weighted by Crippen LogP contribution is -2.83. The number of carbonyl (C=O) groups excluding carboxylic acids is 3. The Hall–Kier alpha value is -2.74. The number of ether oxygens (including phenoxy) is 1. The van der Waals surface area contributed by atoms with Gasteiger partial charge in [-0.1, -0.05) is 35.3 Å². The van der Waals surface area contributed by atoms with Crippen molar-refractivity contribution in [1.82, 2.24) is 30.4 Å². The number of aromatic nitrogens is 4. The molecule has 19 heteroatoms. The quantitative estimate of drug-likeness (QED) is 0.0664. The number of carboxylic acids is 2. The summed E-state index contributed by atoms with van der Waals surface area (Å²) in [6.07, 6.45) is 0. The minimum Gasteiger partial charge on any atom is -0.479 e. The van der Waals surface area contributed by atoms with Crippen LogP contribution in [0.1, 0.15) is 0 Å². The van der Waals surface area contributed by atoms with Crippen LogP contribution in [0.25, 0.3) is 0 Å². The van der Waals surface area contributed by atoms with Gasteiger partial charge < -0.3 is 30.9 Å². The first-order valence-corrected chi connectivity index (χ1v) is 13.4. The molecule has 2 saturated heterocycles. The lowest BCUT2D eigenvalue weighted by molar-refractivity contribution is -0.201. The lowest BCUT2D eigenvalue weighted by Gasteiger charge is -2.57. The first-order valence-electron chi connectivity index (χ1n) is 9.74. The standard InChI is InChI=1S/C17H17N7O8S4/c1-23-16(20-21-22-23)34-4-5-3-33-15-17(32-2,14(31)24(15)7(5)11(29)30)19-9(26)13-35-12(36-13)6(8(18)25)10(27)28/h3,7,13,15H,4H2,1-2H3,(H2,18,25)(H,19,26)(H,27,28)(H,29,30)/t7-,13?,15-,17+/m1/s1. The van der Waals surface area contributed by atoms with E-state index in [4.69, 9.17) is 15.6 Å². The van der Waals surface area contributed by atoms with E-state index < -0.39 is 57.0 Å². The number of nitrogens with one attached hydrogen (secondary N) is 1. The van der Waals surface area contributed by atoms with Crippen LogP contribution in [-0.4, -0.2) is 99.6 Å². The van der Waals surface area contributed by atoms with E-state index in [0.717, 1.165) is 40.2 Å². The number of hydrogen-bond donors (Lipinski definition) is 4. The van der Waals surface area contributed by atoms with E-state index in [9.17, 15) is 29.1 Å². The van der Waals surface area contributed by atoms with Crippen LogP contribution in [0.15, 0.2) is 25.9 Å². The van der Waals surface area contributed by atoms with Gasteiger partial charge in [-0.3, -0.25) is 14.4 Å². The number of carboxylic acid groups (broad SMARTS) is 2. The highest BCUT2D eigenvalue weighted by Gasteiger charge is 2.68. The van der Waals surface area contributed by atoms with Crippen LogP contribution in [0.3, 0.4) is 0 Å². The fourth-order valence-electron chi connectivity index (χ4n) is 3.54. The largest absolute Gasteiger partial charge is 0.479 e. The van der Waals surface area contributed by atoms with Crippen molar-refractivity contribution in [2.24, 2.45) is 12.8 Å². The molecule has 2 fully saturated rings. The van der Waals surface area contributed by atoms with Gasteiger partial charge in [0.25, 0.3) is 17.5 Å². The zero-order chi connectivity index (χ0) is 26.4. The highest BCUT2D eigenvalue weighted by molar-refractivity contribution is 8.39. The maximum atomic E-state index is 13.2. The molecule has 0 radical (unpaired) electrons. The van der Waals surface area contributed by atoms with Crippen molar-refractivity contribution in [2.45, 2.75) is 26.9 Å². The van der Waals surface area contributed by atoms with Gasteiger partial charge >= 0.3 is 11.9 Å². The van der Waals surface area contributed by atoms with Gasteiger partial charge in [-0.2, -0.15) is 0 Å². The molecule has 1 aromatic heterocycles. The molecule has 4 heterocycles. The van der Waals surface area contributed by atoms with E-state index in [1.54, 1.807) is 12.5 Å². The van der Waals surface area contributed by atoms with Crippen LogP contribution in [0, 0.1) is 0 Å². The Morgan fingerprint density at radius 3 is 2.53 bits per heavy atom. The van der Waals surface area contributed by atoms with Crippen molar-refractivity contribution in [1.29, 1.82) is 0 Å². The summed E-state index contributed by atoms with van der Waals surface area (Å²) < 4.78 is 6.03. The van der Waals surface area contributed by atoms with Gasteiger partial charge in [-0.15, -0.1) is 16.9 Å². The molecule has 3 aliphatic rings. The highest BCUT2D eigenvalue weighted by atomic mass is 32.3. The van der Waals surface area contributed by atoms with E-state index in [1.165, 1.54) is 23.6 Å². The third-order valence-corrected chi connectivity index (χ3v) is 10.4. The van der Waals surface area contributed by atoms with Gasteiger partial charge in [0.05, 0.1) is 4.24 Å². The molecule has 3 aliphatic heterocycles. The number of β-lactam (4-membered cyclic amide) rings is 1. The molecular weight excluding hydrogens is 558 g/mol. The maximum absolute atomic E-state index is 13.2. The van der Waals surface area contributed by atoms with Gasteiger partial charge in [-0.05, 0) is 21.4 Å². The van der Waals surface area contributed by atoms with Crippen LogP contribution in [0.2, 0.25) is 0 Å². The van der Waals surface area contributed by atoms with Crippen molar-refractivity contribution >= 4 is 76.7 Å². The molecule has 0 bridgehead atoms. The molecule has 3 amide bonds. The molecule has 0 saturated carbocycles. The van der Waals surface area contributed by atoms with Crippen LogP contribution < -0.4 is 11.1 Å². The first-order chi connectivity index (χ1) is 17.0. The second kappa shape index (κ2) is 9.96. The minimum atomic E-state index is -1.82. The lowest BCUT2D eigenvalue weighted by atomic mass is 9.95. The Kier molecular flexibility index (Phi) is 7.28. The summed E-state index contributed by atoms with van der Waals surface area (Å²) in [7, 11) is 2.85. The molecule has 3 atom stereocenters. The molecule has 4 rings (SSSR count). The first kappa shape index (κ1) is 26.3. The van der Waals surface area contributed by atoms with E-state index in [1.807, 2.05) is 0 Å². The number of nitrogens with zero attached hydrogens (tertiary/aromatic N) is 5. The molecule has 0 aliphatic carbocycles. The van der Waals surface area contributed by atoms with Gasteiger partial charge in [0.2, 0.25) is 11.1 Å². The van der Waals surface area contributed by atoms with E-state index in [-0.39, 0.29) is 9.99 Å². The average Bonchev–Trinajstić information content (AvgIpc) is 3.20. The molecule has 1 aromatic rings. The highest BCUT2D eigenvalue weighted by Crippen LogP contribution is 2.53. The van der Waals surface area contributed by atoms with Crippen LogP contribution >= 0.6 is 47.0 Å². The van der Waals surface area contributed by atoms with Crippen molar-refractivity contribution in [3.8, 4) is 0 Å². The molecule has 15 nitrogen and oxygen atoms in total. The summed E-state index contributed by atoms with van der Waals surface area (Å²) in [6, 6.07) is -1.28. The topological polar surface area (TPSA) is 220 Å². The van der Waals surface area contributed by atoms with Crippen LogP contribution in [0.4, 0.5) is 0 Å². The number of thioether (sulfide) groups is 4. The second-order valence-electron chi connectivity index (χ2n) is 7.34. The molecular formula is C17H17N7O8S4. The predicted molar refractivity (Wildman–Crippen MR) is 128 cm³/mol. The minimum absolute atomic E-state index is 0.0735. The molecule has 0 spiro atoms. The van der Waals surface area contributed by atoms with E-state index in [0.29, 0.717) is 10.7 Å². The summed E-state index contributed by atoms with van der Waals surface area (Å²) >= 11 is 3.94. The zero-order valence-electron chi connectivity index (χ0n) is 18.3. The Labute approximate surface area is 219 Å². The summed E-state index contributed by atoms with van der Waals surface area (Å²) in [5.74, 6) is -5.09. The monoisotopic (exact) mass is 575 g/mol. The number of tetrazole rings is 1. The van der Waals surface area contributed by atoms with Crippen molar-refractivity contribution in [3.63, 3.8) is 0 Å².